The molecule has 8 aromatic rings. The number of benzene rings is 4. The minimum absolute atomic E-state index is 0.905. The van der Waals surface area contributed by atoms with Gasteiger partial charge in [0.1, 0.15) is 31.4 Å². The first-order valence-electron chi connectivity index (χ1n) is 15.6. The summed E-state index contributed by atoms with van der Waals surface area (Å²) in [5.41, 5.74) is 12.1. The van der Waals surface area contributed by atoms with Crippen LogP contribution in [0.4, 0.5) is 0 Å². The van der Waals surface area contributed by atoms with E-state index in [0.29, 0.717) is 0 Å². The molecule has 0 aliphatic rings. The van der Waals surface area contributed by atoms with Gasteiger partial charge >= 0.3 is 0 Å². The monoisotopic (exact) mass is 694 g/mol. The molecule has 0 spiro atoms. The third-order valence-electron chi connectivity index (χ3n) is 8.14. The maximum Gasteiger partial charge on any atom is 0.124 e. The topological polar surface area (TPSA) is 51.6 Å². The molecular weight excluding hydrogens is 665 g/mol. The SMILES string of the molecule is Cc1ccc(-c2nc(-c3sc(-c4ccc(C)cc4)nc3-c3sc(-c4ccc(C)cc4)nc3-c3cnc(-c4ccc(C)cc4)s3)cs2)cc1. The van der Waals surface area contributed by atoms with Gasteiger partial charge in [-0.25, -0.2) is 19.9 Å². The van der Waals surface area contributed by atoms with Gasteiger partial charge in [-0.1, -0.05) is 119 Å². The molecule has 0 aliphatic carbocycles. The first-order chi connectivity index (χ1) is 23.4. The van der Waals surface area contributed by atoms with Crippen molar-refractivity contribution >= 4 is 45.3 Å². The Bertz CT molecular complexity index is 2190. The molecule has 8 heteroatoms. The Morgan fingerprint density at radius 1 is 0.417 bits per heavy atom. The van der Waals surface area contributed by atoms with Crippen molar-refractivity contribution in [3.8, 4) is 74.0 Å². The van der Waals surface area contributed by atoms with Crippen molar-refractivity contribution in [2.24, 2.45) is 0 Å². The number of hydrogen-bond acceptors (Lipinski definition) is 8. The molecule has 234 valence electrons. The number of thiazole rings is 4. The van der Waals surface area contributed by atoms with E-state index in [1.165, 1.54) is 22.3 Å². The molecule has 0 fully saturated rings. The Labute approximate surface area is 296 Å². The van der Waals surface area contributed by atoms with Crippen LogP contribution < -0.4 is 0 Å². The molecule has 48 heavy (non-hydrogen) atoms. The summed E-state index contributed by atoms with van der Waals surface area (Å²) in [4.78, 5) is 23.8. The zero-order chi connectivity index (χ0) is 32.8. The van der Waals surface area contributed by atoms with Crippen LogP contribution >= 0.6 is 45.3 Å². The standard InChI is InChI=1S/C40H30N4S4/c1-23-5-13-27(14-6-23)37-41-21-32(46-37)33-36(48-39(43-33)29-17-9-25(3)10-18-29)34-35(47-40(44-34)30-19-11-26(4)12-20-30)31-22-45-38(42-31)28-15-7-24(2)8-16-28/h5-22H,1-4H3. The Balaban J connectivity index is 1.31. The Morgan fingerprint density at radius 2 is 0.854 bits per heavy atom. The van der Waals surface area contributed by atoms with Gasteiger partial charge in [0.05, 0.1) is 20.3 Å². The fourth-order valence-electron chi connectivity index (χ4n) is 5.35. The van der Waals surface area contributed by atoms with Crippen LogP contribution in [0.3, 0.4) is 0 Å². The maximum absolute atomic E-state index is 5.37. The third-order valence-corrected chi connectivity index (χ3v) is 12.3. The molecular formula is C40H30N4S4. The minimum Gasteiger partial charge on any atom is -0.244 e. The molecule has 0 aliphatic heterocycles. The van der Waals surface area contributed by atoms with E-state index in [0.717, 1.165) is 74.0 Å². The van der Waals surface area contributed by atoms with Crippen LogP contribution in [0.5, 0.6) is 0 Å². The fraction of sp³-hybridized carbons (Fsp3) is 0.100. The maximum atomic E-state index is 5.37. The van der Waals surface area contributed by atoms with Crippen molar-refractivity contribution < 1.29 is 0 Å². The van der Waals surface area contributed by atoms with Gasteiger partial charge in [-0.2, -0.15) is 0 Å². The van der Waals surface area contributed by atoms with Gasteiger partial charge in [-0.15, -0.1) is 45.3 Å². The van der Waals surface area contributed by atoms with Crippen LogP contribution in [0.2, 0.25) is 0 Å². The number of aromatic nitrogens is 4. The molecule has 8 rings (SSSR count). The predicted molar refractivity (Wildman–Crippen MR) is 206 cm³/mol. The normalized spacial score (nSPS) is 11.3. The molecule has 0 saturated carbocycles. The number of aryl methyl sites for hydroxylation is 4. The van der Waals surface area contributed by atoms with Gasteiger partial charge in [0.25, 0.3) is 0 Å². The first kappa shape index (κ1) is 30.7. The highest BCUT2D eigenvalue weighted by Gasteiger charge is 2.26. The number of nitrogens with zero attached hydrogens (tertiary/aromatic N) is 4. The fourth-order valence-corrected chi connectivity index (χ4v) is 9.41. The average molecular weight is 695 g/mol. The van der Waals surface area contributed by atoms with Crippen molar-refractivity contribution in [1.82, 2.24) is 19.9 Å². The van der Waals surface area contributed by atoms with Gasteiger partial charge in [-0.3, -0.25) is 0 Å². The Hall–Kier alpha value is -4.60. The second-order valence-corrected chi connectivity index (χ2v) is 15.8. The first-order valence-corrected chi connectivity index (χ1v) is 18.9. The van der Waals surface area contributed by atoms with E-state index >= 15 is 0 Å². The van der Waals surface area contributed by atoms with Crippen LogP contribution in [-0.4, -0.2) is 19.9 Å². The summed E-state index contributed by atoms with van der Waals surface area (Å²) >= 11 is 6.71. The number of hydrogen-bond donors (Lipinski definition) is 0. The van der Waals surface area contributed by atoms with E-state index in [1.807, 2.05) is 6.20 Å². The van der Waals surface area contributed by atoms with Crippen LogP contribution in [0.25, 0.3) is 74.0 Å². The number of rotatable bonds is 7. The summed E-state index contributed by atoms with van der Waals surface area (Å²) in [6, 6.07) is 34.3. The van der Waals surface area contributed by atoms with E-state index in [1.54, 1.807) is 45.3 Å². The molecule has 4 aromatic carbocycles. The predicted octanol–water partition coefficient (Wildman–Crippen LogP) is 12.4. The highest BCUT2D eigenvalue weighted by atomic mass is 32.1. The van der Waals surface area contributed by atoms with Crippen LogP contribution in [0.1, 0.15) is 22.3 Å². The summed E-state index contributed by atoms with van der Waals surface area (Å²) in [5.74, 6) is 0. The van der Waals surface area contributed by atoms with Gasteiger partial charge < -0.3 is 0 Å². The Morgan fingerprint density at radius 3 is 1.38 bits per heavy atom. The molecule has 4 aromatic heterocycles. The second-order valence-electron chi connectivity index (χ2n) is 11.9. The minimum atomic E-state index is 0.905. The van der Waals surface area contributed by atoms with Crippen LogP contribution in [0.15, 0.2) is 109 Å². The smallest absolute Gasteiger partial charge is 0.124 e. The molecule has 0 unspecified atom stereocenters. The summed E-state index contributed by atoms with van der Waals surface area (Å²) in [7, 11) is 0. The quantitative estimate of drug-likeness (QED) is 0.167. The van der Waals surface area contributed by atoms with Gasteiger partial charge in [0.15, 0.2) is 0 Å². The second kappa shape index (κ2) is 12.8. The summed E-state index contributed by atoms with van der Waals surface area (Å²) in [5, 5.41) is 6.05. The van der Waals surface area contributed by atoms with E-state index < -0.39 is 0 Å². The van der Waals surface area contributed by atoms with Crippen molar-refractivity contribution in [2.45, 2.75) is 27.7 Å². The van der Waals surface area contributed by atoms with Crippen molar-refractivity contribution in [2.75, 3.05) is 0 Å². The molecule has 0 N–H and O–H groups in total. The summed E-state index contributed by atoms with van der Waals surface area (Å²) < 4.78 is 0. The molecule has 0 bridgehead atoms. The zero-order valence-electron chi connectivity index (χ0n) is 26.8. The van der Waals surface area contributed by atoms with Gasteiger partial charge in [0.2, 0.25) is 0 Å². The highest BCUT2D eigenvalue weighted by Crippen LogP contribution is 2.49. The molecule has 0 amide bonds. The van der Waals surface area contributed by atoms with Crippen molar-refractivity contribution in [1.29, 1.82) is 0 Å². The lowest BCUT2D eigenvalue weighted by atomic mass is 10.1. The zero-order valence-corrected chi connectivity index (χ0v) is 30.1. The van der Waals surface area contributed by atoms with Gasteiger partial charge in [-0.05, 0) is 27.7 Å². The van der Waals surface area contributed by atoms with Crippen LogP contribution in [0, 0.1) is 27.7 Å². The van der Waals surface area contributed by atoms with E-state index in [9.17, 15) is 0 Å². The lowest BCUT2D eigenvalue weighted by Crippen LogP contribution is -1.84. The molecule has 0 radical (unpaired) electrons. The van der Waals surface area contributed by atoms with Crippen LogP contribution in [-0.2, 0) is 0 Å². The largest absolute Gasteiger partial charge is 0.244 e. The third kappa shape index (κ3) is 6.08. The summed E-state index contributed by atoms with van der Waals surface area (Å²) in [6.45, 7) is 8.44. The van der Waals surface area contributed by atoms with E-state index in [4.69, 9.17) is 19.9 Å². The van der Waals surface area contributed by atoms with E-state index in [2.05, 4.69) is 130 Å². The lowest BCUT2D eigenvalue weighted by Gasteiger charge is -2.01. The highest BCUT2D eigenvalue weighted by molar-refractivity contribution is 7.22. The molecule has 4 nitrogen and oxygen atoms in total. The molecule has 4 heterocycles. The average Bonchev–Trinajstić information content (AvgIpc) is 3.92. The Kier molecular flexibility index (Phi) is 8.18. The molecule has 0 atom stereocenters. The summed E-state index contributed by atoms with van der Waals surface area (Å²) in [6.07, 6.45) is 1.96. The van der Waals surface area contributed by atoms with Crippen molar-refractivity contribution in [3.63, 3.8) is 0 Å². The van der Waals surface area contributed by atoms with Gasteiger partial charge in [0, 0.05) is 33.8 Å². The molecule has 0 saturated heterocycles. The lowest BCUT2D eigenvalue weighted by molar-refractivity contribution is 1.35. The van der Waals surface area contributed by atoms with E-state index in [-0.39, 0.29) is 0 Å². The van der Waals surface area contributed by atoms with Crippen molar-refractivity contribution in [3.05, 3.63) is 131 Å².